The van der Waals surface area contributed by atoms with E-state index in [1.54, 1.807) is 11.8 Å². The van der Waals surface area contributed by atoms with E-state index in [2.05, 4.69) is 0 Å². The molecule has 2 aromatic carbocycles. The average molecular weight is 353 g/mol. The van der Waals surface area contributed by atoms with Gasteiger partial charge in [0.2, 0.25) is 5.91 Å². The molecule has 0 radical (unpaired) electrons. The van der Waals surface area contributed by atoms with Crippen LogP contribution in [0.2, 0.25) is 0 Å². The number of carboxylic acid groups (broad SMARTS) is 1. The van der Waals surface area contributed by atoms with Crippen LogP contribution in [0.3, 0.4) is 0 Å². The van der Waals surface area contributed by atoms with Crippen LogP contribution in [-0.4, -0.2) is 29.4 Å². The van der Waals surface area contributed by atoms with Gasteiger partial charge in [-0.3, -0.25) is 15.0 Å². The number of benzene rings is 2. The van der Waals surface area contributed by atoms with Gasteiger partial charge in [-0.1, -0.05) is 48.5 Å². The number of nitrogens with zero attached hydrogens (tertiary/aromatic N) is 1. The maximum atomic E-state index is 11.9. The average Bonchev–Trinajstić information content (AvgIpc) is 3.04. The second-order valence-corrected chi connectivity index (χ2v) is 6.09. The summed E-state index contributed by atoms with van der Waals surface area (Å²) in [4.78, 5) is 24.0. The van der Waals surface area contributed by atoms with Gasteiger partial charge < -0.3 is 15.7 Å². The van der Waals surface area contributed by atoms with Crippen molar-refractivity contribution in [1.82, 2.24) is 0 Å². The van der Waals surface area contributed by atoms with E-state index < -0.39 is 17.8 Å². The van der Waals surface area contributed by atoms with E-state index in [1.165, 1.54) is 0 Å². The fourth-order valence-corrected chi connectivity index (χ4v) is 2.72. The summed E-state index contributed by atoms with van der Waals surface area (Å²) >= 11 is 0. The molecule has 6 nitrogen and oxygen atoms in total. The van der Waals surface area contributed by atoms with E-state index in [-0.39, 0.29) is 11.7 Å². The topological polar surface area (TPSA) is 107 Å². The van der Waals surface area contributed by atoms with E-state index in [4.69, 9.17) is 16.2 Å². The number of carboxylic acids is 1. The number of amides is 1. The number of rotatable bonds is 4. The minimum atomic E-state index is -0.781. The molecule has 1 heterocycles. The zero-order valence-electron chi connectivity index (χ0n) is 14.6. The van der Waals surface area contributed by atoms with E-state index >= 15 is 0 Å². The molecule has 1 aliphatic rings. The van der Waals surface area contributed by atoms with Crippen LogP contribution < -0.4 is 10.6 Å². The van der Waals surface area contributed by atoms with Crippen LogP contribution in [0.15, 0.2) is 60.7 Å². The number of anilines is 1. The molecular weight excluding hydrogens is 330 g/mol. The Morgan fingerprint density at radius 1 is 1.15 bits per heavy atom. The summed E-state index contributed by atoms with van der Waals surface area (Å²) in [6.07, 6.45) is 0.642. The number of hydrogen-bond donors (Lipinski definition) is 3. The predicted octanol–water partition coefficient (Wildman–Crippen LogP) is 2.85. The summed E-state index contributed by atoms with van der Waals surface area (Å²) in [6.45, 7) is 2.32. The molecule has 0 bridgehead atoms. The third-order valence-electron chi connectivity index (χ3n) is 4.32. The number of carbonyl (C=O) groups is 2. The first-order chi connectivity index (χ1) is 12.4. The van der Waals surface area contributed by atoms with Gasteiger partial charge in [-0.2, -0.15) is 0 Å². The first kappa shape index (κ1) is 19.2. The van der Waals surface area contributed by atoms with Crippen molar-refractivity contribution in [2.24, 2.45) is 11.7 Å². The predicted molar refractivity (Wildman–Crippen MR) is 101 cm³/mol. The molecule has 0 aliphatic carbocycles. The maximum absolute atomic E-state index is 11.9. The standard InChI is InChI=1S/C11H13N3O.C9H10O2/c12-10(13)9-6-7-14(11(9)15)8-4-2-1-3-5-8;1-7(9(10)11)8-5-3-2-4-6-8/h1-5,9H,6-7H2,(H3,12,13);2-7H,1H3,(H,10,11). The zero-order chi connectivity index (χ0) is 19.1. The molecule has 0 spiro atoms. The van der Waals surface area contributed by atoms with E-state index in [0.29, 0.717) is 13.0 Å². The van der Waals surface area contributed by atoms with Crippen molar-refractivity contribution in [2.45, 2.75) is 19.3 Å². The second kappa shape index (κ2) is 8.80. The Balaban J connectivity index is 0.000000197. The largest absolute Gasteiger partial charge is 0.481 e. The van der Waals surface area contributed by atoms with E-state index in [9.17, 15) is 9.59 Å². The van der Waals surface area contributed by atoms with Crippen molar-refractivity contribution >= 4 is 23.4 Å². The number of aliphatic carboxylic acids is 1. The quantitative estimate of drug-likeness (QED) is 0.580. The Morgan fingerprint density at radius 3 is 2.15 bits per heavy atom. The van der Waals surface area contributed by atoms with Crippen molar-refractivity contribution in [3.63, 3.8) is 0 Å². The summed E-state index contributed by atoms with van der Waals surface area (Å²) in [6, 6.07) is 18.7. The molecule has 136 valence electrons. The van der Waals surface area contributed by atoms with Crippen LogP contribution in [0.4, 0.5) is 5.69 Å². The van der Waals surface area contributed by atoms with Crippen molar-refractivity contribution in [1.29, 1.82) is 5.41 Å². The number of hydrogen-bond acceptors (Lipinski definition) is 3. The normalized spacial score (nSPS) is 17.2. The van der Waals surface area contributed by atoms with Gasteiger partial charge in [-0.15, -0.1) is 0 Å². The van der Waals surface area contributed by atoms with Crippen molar-refractivity contribution < 1.29 is 14.7 Å². The lowest BCUT2D eigenvalue weighted by Crippen LogP contribution is -2.32. The summed E-state index contributed by atoms with van der Waals surface area (Å²) in [5.41, 5.74) is 7.09. The third-order valence-corrected chi connectivity index (χ3v) is 4.32. The second-order valence-electron chi connectivity index (χ2n) is 6.09. The SMILES string of the molecule is CC(C(=O)O)c1ccccc1.N=C(N)C1CCN(c2ccccc2)C1=O. The molecule has 0 aromatic heterocycles. The fourth-order valence-electron chi connectivity index (χ4n) is 2.72. The van der Waals surface area contributed by atoms with Crippen LogP contribution in [0.1, 0.15) is 24.8 Å². The van der Waals surface area contributed by atoms with Gasteiger partial charge in [0, 0.05) is 12.2 Å². The molecule has 2 aromatic rings. The molecule has 2 atom stereocenters. The number of carbonyl (C=O) groups excluding carboxylic acids is 1. The first-order valence-electron chi connectivity index (χ1n) is 8.40. The molecule has 6 heteroatoms. The van der Waals surface area contributed by atoms with E-state index in [0.717, 1.165) is 11.3 Å². The Labute approximate surface area is 152 Å². The Bertz CT molecular complexity index is 762. The number of nitrogens with one attached hydrogen (secondary N) is 1. The lowest BCUT2D eigenvalue weighted by molar-refractivity contribution is -0.138. The lowest BCUT2D eigenvalue weighted by atomic mass is 10.0. The highest BCUT2D eigenvalue weighted by Gasteiger charge is 2.34. The minimum Gasteiger partial charge on any atom is -0.481 e. The van der Waals surface area contributed by atoms with Gasteiger partial charge in [-0.05, 0) is 31.0 Å². The van der Waals surface area contributed by atoms with Crippen molar-refractivity contribution in [3.8, 4) is 0 Å². The highest BCUT2D eigenvalue weighted by Crippen LogP contribution is 2.24. The van der Waals surface area contributed by atoms with Gasteiger partial charge in [0.1, 0.15) is 5.84 Å². The van der Waals surface area contributed by atoms with Gasteiger partial charge in [0.15, 0.2) is 0 Å². The number of para-hydroxylation sites is 1. The molecule has 3 rings (SSSR count). The minimum absolute atomic E-state index is 0.0292. The highest BCUT2D eigenvalue weighted by molar-refractivity contribution is 6.09. The van der Waals surface area contributed by atoms with Crippen molar-refractivity contribution in [3.05, 3.63) is 66.2 Å². The Hall–Kier alpha value is -3.15. The Morgan fingerprint density at radius 2 is 1.69 bits per heavy atom. The summed E-state index contributed by atoms with van der Waals surface area (Å²) in [7, 11) is 0. The molecule has 1 fully saturated rings. The molecule has 0 saturated carbocycles. The van der Waals surface area contributed by atoms with Crippen LogP contribution in [-0.2, 0) is 9.59 Å². The number of amidine groups is 1. The Kier molecular flexibility index (Phi) is 6.49. The van der Waals surface area contributed by atoms with Crippen LogP contribution >= 0.6 is 0 Å². The molecular formula is C20H23N3O3. The summed E-state index contributed by atoms with van der Waals surface area (Å²) < 4.78 is 0. The van der Waals surface area contributed by atoms with Crippen molar-refractivity contribution in [2.75, 3.05) is 11.4 Å². The van der Waals surface area contributed by atoms with Gasteiger partial charge in [0.05, 0.1) is 11.8 Å². The monoisotopic (exact) mass is 353 g/mol. The van der Waals surface area contributed by atoms with E-state index in [1.807, 2.05) is 60.7 Å². The van der Waals surface area contributed by atoms with Gasteiger partial charge >= 0.3 is 5.97 Å². The summed E-state index contributed by atoms with van der Waals surface area (Å²) in [5.74, 6) is -1.70. The lowest BCUT2D eigenvalue weighted by Gasteiger charge is -2.16. The number of nitrogens with two attached hydrogens (primary N) is 1. The maximum Gasteiger partial charge on any atom is 0.310 e. The molecule has 1 amide bonds. The van der Waals surface area contributed by atoms with Crippen LogP contribution in [0, 0.1) is 11.3 Å². The van der Waals surface area contributed by atoms with Gasteiger partial charge in [0.25, 0.3) is 0 Å². The molecule has 1 aliphatic heterocycles. The molecule has 1 saturated heterocycles. The fraction of sp³-hybridized carbons (Fsp3) is 0.250. The van der Waals surface area contributed by atoms with Gasteiger partial charge in [-0.25, -0.2) is 0 Å². The molecule has 4 N–H and O–H groups in total. The zero-order valence-corrected chi connectivity index (χ0v) is 14.6. The molecule has 2 unspecified atom stereocenters. The third kappa shape index (κ3) is 4.69. The van der Waals surface area contributed by atoms with Crippen LogP contribution in [0.25, 0.3) is 0 Å². The highest BCUT2D eigenvalue weighted by atomic mass is 16.4. The molecule has 26 heavy (non-hydrogen) atoms. The smallest absolute Gasteiger partial charge is 0.310 e. The summed E-state index contributed by atoms with van der Waals surface area (Å²) in [5, 5.41) is 15.9. The first-order valence-corrected chi connectivity index (χ1v) is 8.40. The van der Waals surface area contributed by atoms with Crippen LogP contribution in [0.5, 0.6) is 0 Å².